The molecule has 1 atom stereocenters. The van der Waals surface area contributed by atoms with Gasteiger partial charge in [-0.3, -0.25) is 4.57 Å². The highest BCUT2D eigenvalue weighted by molar-refractivity contribution is 7.52. The van der Waals surface area contributed by atoms with Crippen molar-refractivity contribution in [2.75, 3.05) is 13.3 Å². The van der Waals surface area contributed by atoms with Gasteiger partial charge < -0.3 is 14.5 Å². The van der Waals surface area contributed by atoms with E-state index in [9.17, 15) is 19.0 Å². The molecule has 3 aromatic rings. The van der Waals surface area contributed by atoms with E-state index in [0.29, 0.717) is 19.3 Å². The van der Waals surface area contributed by atoms with Crippen LogP contribution in [0.25, 0.3) is 0 Å². The molecule has 0 bridgehead atoms. The Balaban J connectivity index is 1.79. The van der Waals surface area contributed by atoms with Crippen LogP contribution in [0.5, 0.6) is 5.75 Å². The second-order valence-corrected chi connectivity index (χ2v) is 10.0. The molecule has 0 heterocycles. The van der Waals surface area contributed by atoms with E-state index in [-0.39, 0.29) is 17.7 Å². The van der Waals surface area contributed by atoms with Gasteiger partial charge in [-0.2, -0.15) is 0 Å². The molecular weight excluding hydrogens is 414 g/mol. The van der Waals surface area contributed by atoms with Crippen molar-refractivity contribution in [3.05, 3.63) is 99.4 Å². The average Bonchev–Trinajstić information content (AvgIpc) is 2.73. The molecule has 0 fully saturated rings. The third-order valence-corrected chi connectivity index (χ3v) is 6.92. The highest BCUT2D eigenvalue weighted by Gasteiger charge is 2.17. The van der Waals surface area contributed by atoms with Crippen molar-refractivity contribution in [2.45, 2.75) is 33.1 Å². The first-order chi connectivity index (χ1) is 14.7. The van der Waals surface area contributed by atoms with Gasteiger partial charge in [0.15, 0.2) is 0 Å². The fourth-order valence-electron chi connectivity index (χ4n) is 3.78. The Morgan fingerprint density at radius 2 is 1.52 bits per heavy atom. The van der Waals surface area contributed by atoms with Crippen LogP contribution in [0.2, 0.25) is 0 Å². The van der Waals surface area contributed by atoms with Crippen LogP contribution >= 0.6 is 7.60 Å². The second kappa shape index (κ2) is 9.78. The van der Waals surface area contributed by atoms with Gasteiger partial charge in [0.25, 0.3) is 0 Å². The van der Waals surface area contributed by atoms with Crippen LogP contribution in [-0.2, 0) is 28.4 Å². The standard InChI is InChI=1S/C25H28FO4P/c1-17-12-21(10-11-31(28,29)30-3)13-18(2)24(17)16-20-6-9-25(27)22(15-20)14-19-4-7-23(26)8-5-19/h4-9,12-13,15,27H,10-11,14,16H2,1-3H3,(H,28,29). The minimum atomic E-state index is -3.52. The molecule has 2 N–H and O–H groups in total. The van der Waals surface area contributed by atoms with Crippen LogP contribution in [-0.4, -0.2) is 23.3 Å². The summed E-state index contributed by atoms with van der Waals surface area (Å²) < 4.78 is 29.6. The smallest absolute Gasteiger partial charge is 0.328 e. The van der Waals surface area contributed by atoms with Crippen LogP contribution < -0.4 is 0 Å². The lowest BCUT2D eigenvalue weighted by Crippen LogP contribution is -2.01. The van der Waals surface area contributed by atoms with Crippen molar-refractivity contribution < 1.29 is 23.5 Å². The molecule has 3 aromatic carbocycles. The molecule has 0 aliphatic heterocycles. The van der Waals surface area contributed by atoms with Gasteiger partial charge in [-0.05, 0) is 83.8 Å². The van der Waals surface area contributed by atoms with E-state index in [1.807, 2.05) is 26.0 Å². The summed E-state index contributed by atoms with van der Waals surface area (Å²) in [5.41, 5.74) is 7.25. The maximum Gasteiger partial charge on any atom is 0.328 e. The van der Waals surface area contributed by atoms with Gasteiger partial charge in [0.05, 0.1) is 6.16 Å². The number of aromatic hydroxyl groups is 1. The second-order valence-electron chi connectivity index (χ2n) is 7.94. The fourth-order valence-corrected chi connectivity index (χ4v) is 4.51. The number of benzene rings is 3. The van der Waals surface area contributed by atoms with E-state index in [1.165, 1.54) is 24.8 Å². The molecule has 0 aliphatic rings. The molecule has 0 spiro atoms. The zero-order chi connectivity index (χ0) is 22.6. The number of phenols is 1. The largest absolute Gasteiger partial charge is 0.508 e. The van der Waals surface area contributed by atoms with Crippen molar-refractivity contribution in [1.29, 1.82) is 0 Å². The monoisotopic (exact) mass is 442 g/mol. The minimum absolute atomic E-state index is 0.0897. The summed E-state index contributed by atoms with van der Waals surface area (Å²) in [6.07, 6.45) is 1.81. The maximum atomic E-state index is 13.2. The van der Waals surface area contributed by atoms with E-state index in [2.05, 4.69) is 16.7 Å². The first-order valence-electron chi connectivity index (χ1n) is 10.2. The summed E-state index contributed by atoms with van der Waals surface area (Å²) in [5.74, 6) is -0.0522. The van der Waals surface area contributed by atoms with E-state index < -0.39 is 7.60 Å². The lowest BCUT2D eigenvalue weighted by Gasteiger charge is -2.15. The number of halogens is 1. The third-order valence-electron chi connectivity index (χ3n) is 5.56. The first-order valence-corrected chi connectivity index (χ1v) is 11.9. The van der Waals surface area contributed by atoms with Gasteiger partial charge in [0.2, 0.25) is 0 Å². The number of hydrogen-bond acceptors (Lipinski definition) is 3. The Kier molecular flexibility index (Phi) is 7.32. The van der Waals surface area contributed by atoms with Gasteiger partial charge in [-0.1, -0.05) is 36.4 Å². The van der Waals surface area contributed by atoms with E-state index in [4.69, 9.17) is 0 Å². The third kappa shape index (κ3) is 6.27. The predicted octanol–water partition coefficient (Wildman–Crippen LogP) is 5.70. The Bertz CT molecular complexity index is 1090. The van der Waals surface area contributed by atoms with Gasteiger partial charge in [0.1, 0.15) is 11.6 Å². The van der Waals surface area contributed by atoms with Crippen molar-refractivity contribution in [3.63, 3.8) is 0 Å². The van der Waals surface area contributed by atoms with Gasteiger partial charge in [-0.25, -0.2) is 4.39 Å². The number of aryl methyl sites for hydroxylation is 3. The molecule has 31 heavy (non-hydrogen) atoms. The lowest BCUT2D eigenvalue weighted by molar-refractivity contribution is 0.316. The summed E-state index contributed by atoms with van der Waals surface area (Å²) in [6, 6.07) is 16.0. The minimum Gasteiger partial charge on any atom is -0.508 e. The SMILES string of the molecule is COP(=O)(O)CCc1cc(C)c(Cc2ccc(O)c(Cc3ccc(F)cc3)c2)c(C)c1. The molecule has 0 saturated heterocycles. The van der Waals surface area contributed by atoms with Crippen LogP contribution in [0.3, 0.4) is 0 Å². The maximum absolute atomic E-state index is 13.2. The predicted molar refractivity (Wildman–Crippen MR) is 121 cm³/mol. The van der Waals surface area contributed by atoms with Gasteiger partial charge >= 0.3 is 7.60 Å². The van der Waals surface area contributed by atoms with E-state index >= 15 is 0 Å². The highest BCUT2D eigenvalue weighted by atomic mass is 31.2. The van der Waals surface area contributed by atoms with E-state index in [0.717, 1.165) is 33.4 Å². The van der Waals surface area contributed by atoms with Crippen LogP contribution in [0.4, 0.5) is 4.39 Å². The summed E-state index contributed by atoms with van der Waals surface area (Å²) >= 11 is 0. The molecule has 6 heteroatoms. The molecule has 0 radical (unpaired) electrons. The molecule has 4 nitrogen and oxygen atoms in total. The zero-order valence-corrected chi connectivity index (χ0v) is 19.0. The van der Waals surface area contributed by atoms with Gasteiger partial charge in [0, 0.05) is 13.5 Å². The quantitative estimate of drug-likeness (QED) is 0.439. The van der Waals surface area contributed by atoms with Crippen molar-refractivity contribution in [3.8, 4) is 5.75 Å². The Morgan fingerprint density at radius 3 is 2.13 bits per heavy atom. The first kappa shape index (κ1) is 23.2. The Morgan fingerprint density at radius 1 is 0.903 bits per heavy atom. The molecule has 0 aliphatic carbocycles. The van der Waals surface area contributed by atoms with Crippen LogP contribution in [0, 0.1) is 19.7 Å². The highest BCUT2D eigenvalue weighted by Crippen LogP contribution is 2.41. The number of hydrogen-bond donors (Lipinski definition) is 2. The molecule has 0 aromatic heterocycles. The van der Waals surface area contributed by atoms with Crippen molar-refractivity contribution >= 4 is 7.60 Å². The van der Waals surface area contributed by atoms with Crippen molar-refractivity contribution in [1.82, 2.24) is 0 Å². The van der Waals surface area contributed by atoms with Crippen LogP contribution in [0.15, 0.2) is 54.6 Å². The molecule has 3 rings (SSSR count). The average molecular weight is 442 g/mol. The lowest BCUT2D eigenvalue weighted by atomic mass is 9.92. The summed E-state index contributed by atoms with van der Waals surface area (Å²) in [5, 5.41) is 10.3. The topological polar surface area (TPSA) is 66.8 Å². The normalized spacial score (nSPS) is 13.2. The molecule has 0 amide bonds. The fraction of sp³-hybridized carbons (Fsp3) is 0.280. The molecule has 164 valence electrons. The summed E-state index contributed by atoms with van der Waals surface area (Å²) in [6.45, 7) is 4.08. The summed E-state index contributed by atoms with van der Waals surface area (Å²) in [7, 11) is -2.27. The molecule has 1 unspecified atom stereocenters. The van der Waals surface area contributed by atoms with Crippen molar-refractivity contribution in [2.24, 2.45) is 0 Å². The zero-order valence-electron chi connectivity index (χ0n) is 18.1. The van der Waals surface area contributed by atoms with Gasteiger partial charge in [-0.15, -0.1) is 0 Å². The Hall–Kier alpha value is -2.46. The molecule has 0 saturated carbocycles. The molecular formula is C25H28FO4P. The number of phenolic OH excluding ortho intramolecular Hbond substituents is 1. The summed E-state index contributed by atoms with van der Waals surface area (Å²) in [4.78, 5) is 9.63. The Labute approximate surface area is 182 Å². The van der Waals surface area contributed by atoms with E-state index in [1.54, 1.807) is 18.2 Å². The number of rotatable bonds is 8. The van der Waals surface area contributed by atoms with Crippen LogP contribution in [0.1, 0.15) is 38.9 Å².